The summed E-state index contributed by atoms with van der Waals surface area (Å²) in [6.45, 7) is -0.712. The molecule has 5 rings (SSSR count). The van der Waals surface area contributed by atoms with E-state index in [1.54, 1.807) is 12.1 Å². The monoisotopic (exact) mass is 669 g/mol. The van der Waals surface area contributed by atoms with Gasteiger partial charge in [-0.3, -0.25) is 0 Å². The Labute approximate surface area is 256 Å². The van der Waals surface area contributed by atoms with Crippen LogP contribution in [0.2, 0.25) is 10.0 Å². The number of hydrogen-bond acceptors (Lipinski definition) is 8. The summed E-state index contributed by atoms with van der Waals surface area (Å²) >= 11 is 13.6. The van der Waals surface area contributed by atoms with Gasteiger partial charge in [0.2, 0.25) is 5.92 Å². The van der Waals surface area contributed by atoms with Crippen LogP contribution >= 0.6 is 35.0 Å². The minimum absolute atomic E-state index is 0.0627. The van der Waals surface area contributed by atoms with Gasteiger partial charge in [0.05, 0.1) is 33.7 Å². The lowest BCUT2D eigenvalue weighted by molar-refractivity contribution is -0.179. The van der Waals surface area contributed by atoms with E-state index >= 15 is 0 Å². The second-order valence-corrected chi connectivity index (χ2v) is 12.6. The summed E-state index contributed by atoms with van der Waals surface area (Å²) in [7, 11) is 0. The Bertz CT molecular complexity index is 1450. The first kappa shape index (κ1) is 32.4. The summed E-state index contributed by atoms with van der Waals surface area (Å²) in [6.07, 6.45) is -5.14. The molecule has 16 heteroatoms. The summed E-state index contributed by atoms with van der Waals surface area (Å²) < 4.78 is 76.1. The van der Waals surface area contributed by atoms with Gasteiger partial charge in [-0.15, -0.1) is 16.9 Å². The Balaban J connectivity index is 1.49. The van der Waals surface area contributed by atoms with Crippen LogP contribution < -0.4 is 0 Å². The number of halogens is 7. The quantitative estimate of drug-likeness (QED) is 0.204. The highest BCUT2D eigenvalue weighted by Gasteiger charge is 2.52. The van der Waals surface area contributed by atoms with E-state index in [0.29, 0.717) is 17.7 Å². The molecule has 1 aromatic heterocycles. The van der Waals surface area contributed by atoms with Crippen molar-refractivity contribution in [1.82, 2.24) is 15.0 Å². The Kier molecular flexibility index (Phi) is 9.33. The van der Waals surface area contributed by atoms with Crippen LogP contribution in [0, 0.1) is 17.5 Å². The summed E-state index contributed by atoms with van der Waals surface area (Å²) in [5, 5.41) is 51.0. The highest BCUT2D eigenvalue weighted by atomic mass is 35.5. The molecule has 2 aromatic carbocycles. The molecule has 3 aromatic rings. The minimum atomic E-state index is -2.97. The normalized spacial score (nSPS) is 27.7. The molecular formula is C27H26Cl2F5N3O5S. The van der Waals surface area contributed by atoms with Crippen LogP contribution in [0.1, 0.15) is 42.5 Å². The Morgan fingerprint density at radius 3 is 2.33 bits per heavy atom. The van der Waals surface area contributed by atoms with E-state index in [2.05, 4.69) is 10.3 Å². The van der Waals surface area contributed by atoms with Crippen molar-refractivity contribution >= 4 is 35.0 Å². The van der Waals surface area contributed by atoms with Gasteiger partial charge in [-0.2, -0.15) is 0 Å². The third kappa shape index (κ3) is 6.39. The Hall–Kier alpha value is -2.04. The smallest absolute Gasteiger partial charge is 0.248 e. The van der Waals surface area contributed by atoms with E-state index in [1.807, 2.05) is 0 Å². The van der Waals surface area contributed by atoms with E-state index < -0.39 is 83.5 Å². The fourth-order valence-corrected chi connectivity index (χ4v) is 7.52. The van der Waals surface area contributed by atoms with Crippen LogP contribution in [0.5, 0.6) is 0 Å². The van der Waals surface area contributed by atoms with Gasteiger partial charge in [-0.05, 0) is 36.6 Å². The van der Waals surface area contributed by atoms with E-state index in [4.69, 9.17) is 27.9 Å². The van der Waals surface area contributed by atoms with Gasteiger partial charge in [0, 0.05) is 18.4 Å². The molecule has 2 heterocycles. The molecule has 2 fully saturated rings. The molecule has 234 valence electrons. The van der Waals surface area contributed by atoms with Crippen molar-refractivity contribution in [2.24, 2.45) is 0 Å². The van der Waals surface area contributed by atoms with Crippen molar-refractivity contribution < 1.29 is 47.1 Å². The van der Waals surface area contributed by atoms with Gasteiger partial charge in [0.15, 0.2) is 17.5 Å². The van der Waals surface area contributed by atoms with Gasteiger partial charge < -0.3 is 25.2 Å². The molecule has 0 amide bonds. The maximum atomic E-state index is 14.1. The maximum Gasteiger partial charge on any atom is 0.248 e. The minimum Gasteiger partial charge on any atom is -0.394 e. The van der Waals surface area contributed by atoms with Gasteiger partial charge in [-0.1, -0.05) is 40.5 Å². The van der Waals surface area contributed by atoms with Crippen LogP contribution in [0.3, 0.4) is 0 Å². The summed E-state index contributed by atoms with van der Waals surface area (Å²) in [6, 6.07) is 4.69. The maximum absolute atomic E-state index is 14.1. The average molecular weight is 670 g/mol. The van der Waals surface area contributed by atoms with Gasteiger partial charge in [0.25, 0.3) is 0 Å². The lowest BCUT2D eigenvalue weighted by Crippen LogP contribution is -2.55. The summed E-state index contributed by atoms with van der Waals surface area (Å²) in [5.41, 5.74) is -3.02. The van der Waals surface area contributed by atoms with Crippen molar-refractivity contribution in [2.45, 2.75) is 72.2 Å². The Morgan fingerprint density at radius 1 is 1.05 bits per heavy atom. The third-order valence-corrected chi connectivity index (χ3v) is 10.3. The van der Waals surface area contributed by atoms with E-state index in [-0.39, 0.29) is 34.1 Å². The van der Waals surface area contributed by atoms with Crippen LogP contribution in [0.25, 0.3) is 11.3 Å². The predicted molar refractivity (Wildman–Crippen MR) is 147 cm³/mol. The number of ether oxygens (including phenoxy) is 1. The highest BCUT2D eigenvalue weighted by Crippen LogP contribution is 2.54. The zero-order chi connectivity index (χ0) is 31.3. The molecule has 0 radical (unpaired) electrons. The number of hydrogen-bond donors (Lipinski definition) is 4. The summed E-state index contributed by atoms with van der Waals surface area (Å²) in [4.78, 5) is 0. The molecule has 43 heavy (non-hydrogen) atoms. The molecule has 0 unspecified atom stereocenters. The SMILES string of the molecule is OC[C@H]1O[C@@H](S[C@H](c2cccc(Cl)c2Cl)C2(O)CCC(F)(F)CC2)[C@H](O)[C@@H](n2cc(-c3cc(F)c(F)c(F)c3)nn2)[C@H]1O. The molecule has 1 saturated carbocycles. The molecule has 1 aliphatic carbocycles. The number of aliphatic hydroxyl groups is 4. The zero-order valence-electron chi connectivity index (χ0n) is 22.1. The van der Waals surface area contributed by atoms with E-state index in [1.165, 1.54) is 6.07 Å². The molecule has 8 nitrogen and oxygen atoms in total. The molecule has 0 spiro atoms. The van der Waals surface area contributed by atoms with Gasteiger partial charge in [-0.25, -0.2) is 26.6 Å². The number of nitrogens with zero attached hydrogens (tertiary/aromatic N) is 3. The summed E-state index contributed by atoms with van der Waals surface area (Å²) in [5.74, 6) is -7.57. The lowest BCUT2D eigenvalue weighted by atomic mass is 9.78. The second-order valence-electron chi connectivity index (χ2n) is 10.7. The third-order valence-electron chi connectivity index (χ3n) is 7.81. The number of alkyl halides is 2. The highest BCUT2D eigenvalue weighted by molar-refractivity contribution is 8.00. The first-order chi connectivity index (χ1) is 20.2. The number of thioether (sulfide) groups is 1. The molecule has 1 aliphatic heterocycles. The molecule has 2 aliphatic rings. The number of benzene rings is 2. The Morgan fingerprint density at radius 2 is 1.70 bits per heavy atom. The zero-order valence-corrected chi connectivity index (χ0v) is 24.4. The molecule has 4 N–H and O–H groups in total. The fourth-order valence-electron chi connectivity index (χ4n) is 5.41. The fraction of sp³-hybridized carbons (Fsp3) is 0.481. The van der Waals surface area contributed by atoms with Crippen molar-refractivity contribution in [2.75, 3.05) is 6.61 Å². The number of rotatable bonds is 7. The van der Waals surface area contributed by atoms with Gasteiger partial charge >= 0.3 is 0 Å². The van der Waals surface area contributed by atoms with Crippen molar-refractivity contribution in [3.63, 3.8) is 0 Å². The first-order valence-corrected chi connectivity index (χ1v) is 14.8. The van der Waals surface area contributed by atoms with Crippen molar-refractivity contribution in [3.05, 3.63) is 69.6 Å². The molecule has 1 saturated heterocycles. The van der Waals surface area contributed by atoms with Crippen LogP contribution in [-0.4, -0.2) is 77.3 Å². The first-order valence-electron chi connectivity index (χ1n) is 13.1. The van der Waals surface area contributed by atoms with Crippen LogP contribution in [-0.2, 0) is 4.74 Å². The van der Waals surface area contributed by atoms with E-state index in [0.717, 1.165) is 22.6 Å². The van der Waals surface area contributed by atoms with Crippen LogP contribution in [0.15, 0.2) is 36.5 Å². The van der Waals surface area contributed by atoms with Crippen LogP contribution in [0.4, 0.5) is 22.0 Å². The lowest BCUT2D eigenvalue weighted by Gasteiger charge is -2.46. The molecular weight excluding hydrogens is 644 g/mol. The van der Waals surface area contributed by atoms with E-state index in [9.17, 15) is 42.4 Å². The topological polar surface area (TPSA) is 121 Å². The van der Waals surface area contributed by atoms with Crippen molar-refractivity contribution in [1.29, 1.82) is 0 Å². The second kappa shape index (κ2) is 12.4. The molecule has 0 bridgehead atoms. The van der Waals surface area contributed by atoms with Gasteiger partial charge in [0.1, 0.15) is 35.5 Å². The number of aromatic nitrogens is 3. The standard InChI is InChI=1S/C27H26Cl2F5N3O5S/c28-14-3-1-2-13(19(14)29)24(26(41)4-6-27(33,34)7-5-26)43-25-23(40)21(22(39)18(11-38)42-25)37-10-17(35-36-37)12-8-15(30)20(32)16(31)9-12/h1-3,8-10,18,21-25,38-41H,4-7,11H2/t18-,21+,22+,23-,24-,25+/m1/s1. The number of aliphatic hydroxyl groups excluding tert-OH is 3. The largest absolute Gasteiger partial charge is 0.394 e. The average Bonchev–Trinajstić information content (AvgIpc) is 3.44. The predicted octanol–water partition coefficient (Wildman–Crippen LogP) is 5.06. The molecule has 6 atom stereocenters. The van der Waals surface area contributed by atoms with Crippen molar-refractivity contribution in [3.8, 4) is 11.3 Å².